The van der Waals surface area contributed by atoms with Crippen molar-refractivity contribution in [1.82, 2.24) is 0 Å². The van der Waals surface area contributed by atoms with Gasteiger partial charge >= 0.3 is 11.9 Å². The highest BCUT2D eigenvalue weighted by Crippen LogP contribution is 2.31. The third kappa shape index (κ3) is 6.08. The lowest BCUT2D eigenvalue weighted by Gasteiger charge is -2.12. The lowest BCUT2D eigenvalue weighted by atomic mass is 10.1. The van der Waals surface area contributed by atoms with Gasteiger partial charge in [-0.05, 0) is 39.3 Å². The monoisotopic (exact) mass is 326 g/mol. The fraction of sp³-hybridized carbons (Fsp3) is 0.200. The smallest absolute Gasteiger partial charge is 0.336 e. The summed E-state index contributed by atoms with van der Waals surface area (Å²) in [4.78, 5) is 23.6. The first kappa shape index (κ1) is 19.2. The number of hydrogen-bond donors (Lipinski definition) is 0. The molecule has 0 aliphatic rings. The van der Waals surface area contributed by atoms with Gasteiger partial charge in [0.05, 0.1) is 0 Å². The Kier molecular flexibility index (Phi) is 7.99. The summed E-state index contributed by atoms with van der Waals surface area (Å²) in [6, 6.07) is 3.42. The van der Waals surface area contributed by atoms with Crippen molar-refractivity contribution in [2.45, 2.75) is 27.7 Å². The average Bonchev–Trinajstić information content (AvgIpc) is 2.55. The molecule has 24 heavy (non-hydrogen) atoms. The summed E-state index contributed by atoms with van der Waals surface area (Å²) in [6.07, 6.45) is 12.9. The maximum absolute atomic E-state index is 11.8. The van der Waals surface area contributed by atoms with E-state index in [1.54, 1.807) is 49.4 Å². The number of benzene rings is 1. The largest absolute Gasteiger partial charge is 0.423 e. The molecule has 0 aliphatic carbocycles. The molecular formula is C20H22O4. The van der Waals surface area contributed by atoms with Crippen LogP contribution in [0.1, 0.15) is 25.0 Å². The molecule has 0 saturated heterocycles. The summed E-state index contributed by atoms with van der Waals surface area (Å²) >= 11 is 0. The Morgan fingerprint density at radius 3 is 1.92 bits per heavy atom. The van der Waals surface area contributed by atoms with Crippen LogP contribution in [0.3, 0.4) is 0 Å². The van der Waals surface area contributed by atoms with Gasteiger partial charge in [-0.1, -0.05) is 42.5 Å². The Morgan fingerprint density at radius 2 is 1.38 bits per heavy atom. The second-order valence-corrected chi connectivity index (χ2v) is 4.95. The zero-order valence-electron chi connectivity index (χ0n) is 14.4. The molecule has 0 fully saturated rings. The fourth-order valence-electron chi connectivity index (χ4n) is 1.84. The van der Waals surface area contributed by atoms with Crippen LogP contribution in [0.15, 0.2) is 60.7 Å². The molecule has 0 aromatic heterocycles. The van der Waals surface area contributed by atoms with Gasteiger partial charge in [0.2, 0.25) is 0 Å². The minimum atomic E-state index is -0.495. The molecule has 0 aliphatic heterocycles. The highest BCUT2D eigenvalue weighted by Gasteiger charge is 2.14. The SMILES string of the molecule is C/C=C/C=C/C(=O)Oc1ccc(C)c(OC(=O)/C=C/C=C/C)c1C. The standard InChI is InChI=1S/C20H22O4/c1-5-7-9-11-18(21)23-17-14-13-15(3)20(16(17)4)24-19(22)12-10-8-6-2/h5-14H,1-4H3/b7-5+,8-6+,11-9+,12-10+. The van der Waals surface area contributed by atoms with E-state index in [4.69, 9.17) is 9.47 Å². The molecule has 0 heterocycles. The van der Waals surface area contributed by atoms with Crippen molar-refractivity contribution in [2.24, 2.45) is 0 Å². The van der Waals surface area contributed by atoms with E-state index in [0.29, 0.717) is 17.1 Å². The van der Waals surface area contributed by atoms with Crippen molar-refractivity contribution in [3.63, 3.8) is 0 Å². The van der Waals surface area contributed by atoms with E-state index in [1.807, 2.05) is 26.8 Å². The Bertz CT molecular complexity index is 707. The number of carbonyl (C=O) groups is 2. The summed E-state index contributed by atoms with van der Waals surface area (Å²) < 4.78 is 10.7. The predicted molar refractivity (Wildman–Crippen MR) is 95.1 cm³/mol. The maximum atomic E-state index is 11.8. The van der Waals surface area contributed by atoms with Crippen LogP contribution >= 0.6 is 0 Å². The number of rotatable bonds is 6. The molecule has 0 unspecified atom stereocenters. The van der Waals surface area contributed by atoms with Crippen LogP contribution in [0.4, 0.5) is 0 Å². The van der Waals surface area contributed by atoms with Crippen LogP contribution in [0.25, 0.3) is 0 Å². The molecule has 1 aromatic carbocycles. The number of hydrogen-bond acceptors (Lipinski definition) is 4. The summed E-state index contributed by atoms with van der Waals surface area (Å²) in [5.74, 6) is -0.232. The van der Waals surface area contributed by atoms with Gasteiger partial charge in [0.15, 0.2) is 0 Å². The van der Waals surface area contributed by atoms with Crippen molar-refractivity contribution in [1.29, 1.82) is 0 Å². The molecule has 0 saturated carbocycles. The summed E-state index contributed by atoms with van der Waals surface area (Å²) in [5, 5.41) is 0. The van der Waals surface area contributed by atoms with Crippen molar-refractivity contribution in [3.8, 4) is 11.5 Å². The topological polar surface area (TPSA) is 52.6 Å². The molecular weight excluding hydrogens is 304 g/mol. The molecule has 0 amide bonds. The van der Waals surface area contributed by atoms with Crippen molar-refractivity contribution >= 4 is 11.9 Å². The van der Waals surface area contributed by atoms with E-state index in [9.17, 15) is 9.59 Å². The molecule has 126 valence electrons. The van der Waals surface area contributed by atoms with E-state index in [1.165, 1.54) is 12.2 Å². The van der Waals surface area contributed by atoms with Crippen molar-refractivity contribution in [3.05, 3.63) is 71.9 Å². The second kappa shape index (κ2) is 10.0. The fourth-order valence-corrected chi connectivity index (χ4v) is 1.84. The van der Waals surface area contributed by atoms with E-state index in [0.717, 1.165) is 5.56 Å². The van der Waals surface area contributed by atoms with Crippen LogP contribution in [-0.2, 0) is 9.59 Å². The van der Waals surface area contributed by atoms with E-state index in [-0.39, 0.29) is 0 Å². The molecule has 4 heteroatoms. The lowest BCUT2D eigenvalue weighted by molar-refractivity contribution is -0.129. The molecule has 0 spiro atoms. The molecule has 0 N–H and O–H groups in total. The Balaban J connectivity index is 2.95. The van der Waals surface area contributed by atoms with E-state index in [2.05, 4.69) is 0 Å². The van der Waals surface area contributed by atoms with Gasteiger partial charge in [-0.15, -0.1) is 0 Å². The number of ether oxygens (including phenoxy) is 2. The minimum Gasteiger partial charge on any atom is -0.423 e. The predicted octanol–water partition coefficient (Wildman–Crippen LogP) is 4.38. The zero-order chi connectivity index (χ0) is 17.9. The molecule has 0 atom stereocenters. The summed E-state index contributed by atoms with van der Waals surface area (Å²) in [5.41, 5.74) is 1.38. The molecule has 4 nitrogen and oxygen atoms in total. The first-order chi connectivity index (χ1) is 11.5. The van der Waals surface area contributed by atoms with Gasteiger partial charge < -0.3 is 9.47 Å². The quantitative estimate of drug-likeness (QED) is 0.337. The van der Waals surface area contributed by atoms with Crippen molar-refractivity contribution < 1.29 is 19.1 Å². The average molecular weight is 326 g/mol. The van der Waals surface area contributed by atoms with Crippen LogP contribution in [-0.4, -0.2) is 11.9 Å². The van der Waals surface area contributed by atoms with Crippen LogP contribution in [0.2, 0.25) is 0 Å². The molecule has 0 bridgehead atoms. The molecule has 1 aromatic rings. The van der Waals surface area contributed by atoms with Gasteiger partial charge in [0.25, 0.3) is 0 Å². The van der Waals surface area contributed by atoms with Gasteiger partial charge in [-0.25, -0.2) is 9.59 Å². The van der Waals surface area contributed by atoms with Gasteiger partial charge in [0, 0.05) is 17.7 Å². The molecule has 1 rings (SSSR count). The number of esters is 2. The van der Waals surface area contributed by atoms with Crippen LogP contribution < -0.4 is 9.47 Å². The van der Waals surface area contributed by atoms with Gasteiger partial charge in [-0.2, -0.15) is 0 Å². The van der Waals surface area contributed by atoms with Crippen LogP contribution in [0.5, 0.6) is 11.5 Å². The number of aryl methyl sites for hydroxylation is 1. The Morgan fingerprint density at radius 1 is 0.833 bits per heavy atom. The summed E-state index contributed by atoms with van der Waals surface area (Å²) in [6.45, 7) is 7.27. The maximum Gasteiger partial charge on any atom is 0.336 e. The lowest BCUT2D eigenvalue weighted by Crippen LogP contribution is -2.09. The van der Waals surface area contributed by atoms with E-state index < -0.39 is 11.9 Å². The normalized spacial score (nSPS) is 11.8. The minimum absolute atomic E-state index is 0.357. The highest BCUT2D eigenvalue weighted by atomic mass is 16.5. The first-order valence-corrected chi connectivity index (χ1v) is 7.62. The van der Waals surface area contributed by atoms with E-state index >= 15 is 0 Å². The Labute approximate surface area is 142 Å². The van der Waals surface area contributed by atoms with Gasteiger partial charge in [0.1, 0.15) is 11.5 Å². The van der Waals surface area contributed by atoms with Crippen LogP contribution in [0, 0.1) is 13.8 Å². The second-order valence-electron chi connectivity index (χ2n) is 4.95. The third-order valence-electron chi connectivity index (χ3n) is 3.04. The number of carbonyl (C=O) groups excluding carboxylic acids is 2. The third-order valence-corrected chi connectivity index (χ3v) is 3.04. The molecule has 0 radical (unpaired) electrons. The van der Waals surface area contributed by atoms with Gasteiger partial charge in [-0.3, -0.25) is 0 Å². The highest BCUT2D eigenvalue weighted by molar-refractivity contribution is 5.86. The number of allylic oxidation sites excluding steroid dienone is 6. The van der Waals surface area contributed by atoms with Crippen molar-refractivity contribution in [2.75, 3.05) is 0 Å². The first-order valence-electron chi connectivity index (χ1n) is 7.62. The summed E-state index contributed by atoms with van der Waals surface area (Å²) in [7, 11) is 0. The Hall–Kier alpha value is -2.88. The zero-order valence-corrected chi connectivity index (χ0v) is 14.4.